The van der Waals surface area contributed by atoms with Gasteiger partial charge in [0.05, 0.1) is 19.1 Å². The van der Waals surface area contributed by atoms with Crippen LogP contribution in [0.2, 0.25) is 0 Å². The summed E-state index contributed by atoms with van der Waals surface area (Å²) in [4.78, 5) is 25.6. The second kappa shape index (κ2) is 7.46. The number of ether oxygens (including phenoxy) is 2. The van der Waals surface area contributed by atoms with Gasteiger partial charge in [-0.15, -0.1) is 0 Å². The van der Waals surface area contributed by atoms with Crippen LogP contribution in [0.4, 0.5) is 0 Å². The molecule has 1 aliphatic heterocycles. The number of aromatic hydroxyl groups is 2. The van der Waals surface area contributed by atoms with E-state index in [0.717, 1.165) is 5.56 Å². The van der Waals surface area contributed by atoms with Crippen LogP contribution in [0, 0.1) is 0 Å². The number of carbonyl (C=O) groups excluding carboxylic acids is 1. The van der Waals surface area contributed by atoms with Gasteiger partial charge in [-0.3, -0.25) is 9.59 Å². The Hall–Kier alpha value is -4.26. The van der Waals surface area contributed by atoms with Crippen molar-refractivity contribution in [3.63, 3.8) is 0 Å². The zero-order chi connectivity index (χ0) is 22.4. The maximum atomic E-state index is 13.3. The van der Waals surface area contributed by atoms with Crippen molar-refractivity contribution >= 4 is 16.9 Å². The molecule has 2 N–H and O–H groups in total. The number of phenols is 2. The van der Waals surface area contributed by atoms with Crippen molar-refractivity contribution in [3.8, 4) is 34.1 Å². The highest BCUT2D eigenvalue weighted by Gasteiger charge is 2.33. The summed E-state index contributed by atoms with van der Waals surface area (Å²) in [7, 11) is 1.57. The van der Waals surface area contributed by atoms with Gasteiger partial charge in [-0.1, -0.05) is 24.3 Å². The summed E-state index contributed by atoms with van der Waals surface area (Å²) in [6.07, 6.45) is 1.38. The molecule has 7 heteroatoms. The van der Waals surface area contributed by atoms with Gasteiger partial charge in [-0.25, -0.2) is 0 Å². The minimum Gasteiger partial charge on any atom is -0.508 e. The standard InChI is InChI=1S/C25H18O7/c1-30-16-8-4-13(5-9-16)17-10-21(28)32-20-11-19(27)23-24(29)18(12-31-25(23)22(17)20)14-2-6-15(26)7-3-14/h2-9,11-12,17,26-27H,10H2,1H3/t17-/m1/s1. The maximum Gasteiger partial charge on any atom is 0.312 e. The van der Waals surface area contributed by atoms with Gasteiger partial charge >= 0.3 is 5.97 Å². The molecule has 4 aromatic rings. The van der Waals surface area contributed by atoms with Crippen molar-refractivity contribution in [1.29, 1.82) is 0 Å². The maximum absolute atomic E-state index is 13.3. The fourth-order valence-electron chi connectivity index (χ4n) is 4.09. The number of benzene rings is 3. The molecule has 5 rings (SSSR count). The predicted molar refractivity (Wildman–Crippen MR) is 116 cm³/mol. The first-order chi connectivity index (χ1) is 15.5. The van der Waals surface area contributed by atoms with Gasteiger partial charge in [0.1, 0.15) is 40.2 Å². The number of hydrogen-bond donors (Lipinski definition) is 2. The first-order valence-corrected chi connectivity index (χ1v) is 9.91. The lowest BCUT2D eigenvalue weighted by Crippen LogP contribution is -2.22. The third-order valence-corrected chi connectivity index (χ3v) is 5.67. The molecule has 0 saturated heterocycles. The molecular formula is C25H18O7. The van der Waals surface area contributed by atoms with E-state index in [2.05, 4.69) is 0 Å². The van der Waals surface area contributed by atoms with Gasteiger partial charge in [0.15, 0.2) is 0 Å². The summed E-state index contributed by atoms with van der Waals surface area (Å²) in [5.74, 6) is -0.306. The molecule has 0 spiro atoms. The molecule has 0 fully saturated rings. The Labute approximate surface area is 182 Å². The quantitative estimate of drug-likeness (QED) is 0.368. The van der Waals surface area contributed by atoms with Gasteiger partial charge in [-0.2, -0.15) is 0 Å². The molecule has 0 bridgehead atoms. The minimum atomic E-state index is -0.444. The average Bonchev–Trinajstić information content (AvgIpc) is 2.79. The highest BCUT2D eigenvalue weighted by molar-refractivity contribution is 5.94. The number of carbonyl (C=O) groups is 1. The van der Waals surface area contributed by atoms with E-state index < -0.39 is 17.3 Å². The summed E-state index contributed by atoms with van der Waals surface area (Å²) in [5, 5.41) is 20.2. The Balaban J connectivity index is 1.74. The molecule has 1 atom stereocenters. The zero-order valence-electron chi connectivity index (χ0n) is 17.0. The molecule has 3 aromatic carbocycles. The van der Waals surface area contributed by atoms with E-state index in [1.165, 1.54) is 24.5 Å². The summed E-state index contributed by atoms with van der Waals surface area (Å²) in [6.45, 7) is 0. The number of rotatable bonds is 3. The van der Waals surface area contributed by atoms with Gasteiger partial charge < -0.3 is 24.1 Å². The molecular weight excluding hydrogens is 412 g/mol. The lowest BCUT2D eigenvalue weighted by molar-refractivity contribution is -0.135. The van der Waals surface area contributed by atoms with E-state index in [1.807, 2.05) is 12.1 Å². The van der Waals surface area contributed by atoms with Gasteiger partial charge in [0.2, 0.25) is 5.43 Å². The second-order valence-corrected chi connectivity index (χ2v) is 7.54. The van der Waals surface area contributed by atoms with E-state index >= 15 is 0 Å². The van der Waals surface area contributed by atoms with Crippen LogP contribution in [-0.4, -0.2) is 23.3 Å². The molecule has 0 saturated carbocycles. The number of esters is 1. The summed E-state index contributed by atoms with van der Waals surface area (Å²) >= 11 is 0. The summed E-state index contributed by atoms with van der Waals surface area (Å²) in [5.41, 5.74) is 1.86. The van der Waals surface area contributed by atoms with Crippen LogP contribution in [0.5, 0.6) is 23.0 Å². The molecule has 7 nitrogen and oxygen atoms in total. The molecule has 0 radical (unpaired) electrons. The average molecular weight is 430 g/mol. The van der Waals surface area contributed by atoms with Crippen molar-refractivity contribution in [2.45, 2.75) is 12.3 Å². The molecule has 0 amide bonds. The third-order valence-electron chi connectivity index (χ3n) is 5.67. The SMILES string of the molecule is COc1ccc([C@H]2CC(=O)Oc3cc(O)c4c(=O)c(-c5ccc(O)cc5)coc4c32)cc1. The normalized spacial score (nSPS) is 15.3. The van der Waals surface area contributed by atoms with Crippen LogP contribution in [0.15, 0.2) is 70.1 Å². The van der Waals surface area contributed by atoms with Crippen molar-refractivity contribution in [2.75, 3.05) is 7.11 Å². The Kier molecular flexibility index (Phi) is 4.59. The minimum absolute atomic E-state index is 0.00536. The first kappa shape index (κ1) is 19.7. The van der Waals surface area contributed by atoms with Crippen LogP contribution >= 0.6 is 0 Å². The van der Waals surface area contributed by atoms with Gasteiger partial charge in [0.25, 0.3) is 0 Å². The fourth-order valence-corrected chi connectivity index (χ4v) is 4.09. The molecule has 160 valence electrons. The van der Waals surface area contributed by atoms with Crippen LogP contribution in [0.1, 0.15) is 23.5 Å². The monoisotopic (exact) mass is 430 g/mol. The largest absolute Gasteiger partial charge is 0.508 e. The van der Waals surface area contributed by atoms with Crippen molar-refractivity contribution in [3.05, 3.63) is 82.2 Å². The number of methoxy groups -OCH3 is 1. The fraction of sp³-hybridized carbons (Fsp3) is 0.120. The Bertz CT molecular complexity index is 1400. The zero-order valence-corrected chi connectivity index (χ0v) is 17.0. The number of phenolic OH excluding ortho intramolecular Hbond substituents is 2. The molecule has 32 heavy (non-hydrogen) atoms. The van der Waals surface area contributed by atoms with Crippen molar-refractivity contribution in [2.24, 2.45) is 0 Å². The predicted octanol–water partition coefficient (Wildman–Crippen LogP) is 4.32. The third kappa shape index (κ3) is 3.15. The smallest absolute Gasteiger partial charge is 0.312 e. The molecule has 0 unspecified atom stereocenters. The first-order valence-electron chi connectivity index (χ1n) is 9.91. The van der Waals surface area contributed by atoms with Gasteiger partial charge in [-0.05, 0) is 35.4 Å². The Morgan fingerprint density at radius 1 is 1.00 bits per heavy atom. The van der Waals surface area contributed by atoms with Crippen LogP contribution < -0.4 is 14.9 Å². The van der Waals surface area contributed by atoms with E-state index in [9.17, 15) is 19.8 Å². The van der Waals surface area contributed by atoms with Crippen molar-refractivity contribution in [1.82, 2.24) is 0 Å². The van der Waals surface area contributed by atoms with Crippen LogP contribution in [0.3, 0.4) is 0 Å². The Morgan fingerprint density at radius 3 is 2.41 bits per heavy atom. The molecule has 1 aliphatic rings. The number of hydrogen-bond acceptors (Lipinski definition) is 7. The summed E-state index contributed by atoms with van der Waals surface area (Å²) < 4.78 is 16.5. The molecule has 0 aliphatic carbocycles. The molecule has 2 heterocycles. The van der Waals surface area contributed by atoms with Crippen LogP contribution in [-0.2, 0) is 4.79 Å². The highest BCUT2D eigenvalue weighted by Crippen LogP contribution is 2.45. The Morgan fingerprint density at radius 2 is 1.72 bits per heavy atom. The highest BCUT2D eigenvalue weighted by atomic mass is 16.5. The van der Waals surface area contributed by atoms with E-state index in [0.29, 0.717) is 16.9 Å². The van der Waals surface area contributed by atoms with E-state index in [4.69, 9.17) is 13.9 Å². The topological polar surface area (TPSA) is 106 Å². The van der Waals surface area contributed by atoms with Crippen molar-refractivity contribution < 1.29 is 28.9 Å². The van der Waals surface area contributed by atoms with Gasteiger partial charge in [0, 0.05) is 17.5 Å². The summed E-state index contributed by atoms with van der Waals surface area (Å²) in [6, 6.07) is 14.6. The second-order valence-electron chi connectivity index (χ2n) is 7.54. The number of fused-ring (bicyclic) bond motifs is 3. The van der Waals surface area contributed by atoms with E-state index in [1.54, 1.807) is 31.4 Å². The lowest BCUT2D eigenvalue weighted by atomic mass is 9.85. The molecule has 1 aromatic heterocycles. The van der Waals surface area contributed by atoms with E-state index in [-0.39, 0.29) is 40.2 Å². The lowest BCUT2D eigenvalue weighted by Gasteiger charge is -2.26. The van der Waals surface area contributed by atoms with Crippen LogP contribution in [0.25, 0.3) is 22.1 Å².